The summed E-state index contributed by atoms with van der Waals surface area (Å²) in [5.41, 5.74) is 4.99. The number of nitrogen functional groups attached to an aromatic ring is 1. The average Bonchev–Trinajstić information content (AvgIpc) is 2.78. The summed E-state index contributed by atoms with van der Waals surface area (Å²) < 4.78 is 5.11. The van der Waals surface area contributed by atoms with Crippen molar-refractivity contribution in [1.82, 2.24) is 10.5 Å². The van der Waals surface area contributed by atoms with Crippen molar-refractivity contribution in [2.24, 2.45) is 5.84 Å². The molecule has 1 aromatic carbocycles. The summed E-state index contributed by atoms with van der Waals surface area (Å²) >= 11 is 5.93. The fourth-order valence-electron chi connectivity index (χ4n) is 2.29. The van der Waals surface area contributed by atoms with Crippen LogP contribution >= 0.6 is 11.6 Å². The van der Waals surface area contributed by atoms with Crippen LogP contribution in [0.4, 0.5) is 5.69 Å². The first-order valence-electron chi connectivity index (χ1n) is 6.43. The largest absolute Gasteiger partial charge is 0.361 e. The zero-order valence-corrected chi connectivity index (χ0v) is 12.8. The Bertz CT molecular complexity index is 649. The maximum atomic E-state index is 12.4. The van der Waals surface area contributed by atoms with Gasteiger partial charge in [-0.05, 0) is 39.0 Å². The molecular weight excluding hydrogens is 292 g/mol. The standard InChI is InChI=1S/C14H17ClN4O2/c1-7(13-8(2)19-21-9(13)3)17-14(20)11-6-10(15)4-5-12(11)18-16/h4-7,18H,16H2,1-3H3,(H,17,20). The van der Waals surface area contributed by atoms with Gasteiger partial charge in [0.05, 0.1) is 23.0 Å². The van der Waals surface area contributed by atoms with Gasteiger partial charge in [-0.1, -0.05) is 16.8 Å². The molecule has 112 valence electrons. The number of halogens is 1. The molecule has 2 rings (SSSR count). The van der Waals surface area contributed by atoms with Crippen LogP contribution < -0.4 is 16.6 Å². The zero-order valence-electron chi connectivity index (χ0n) is 12.0. The third-order valence-corrected chi connectivity index (χ3v) is 3.49. The van der Waals surface area contributed by atoms with E-state index in [1.165, 1.54) is 0 Å². The minimum Gasteiger partial charge on any atom is -0.361 e. The Labute approximate surface area is 127 Å². The molecule has 0 fully saturated rings. The number of rotatable bonds is 4. The van der Waals surface area contributed by atoms with Crippen molar-refractivity contribution in [3.63, 3.8) is 0 Å². The third-order valence-electron chi connectivity index (χ3n) is 3.25. The van der Waals surface area contributed by atoms with Crippen molar-refractivity contribution in [2.45, 2.75) is 26.8 Å². The van der Waals surface area contributed by atoms with Crippen LogP contribution in [0.25, 0.3) is 0 Å². The molecule has 7 heteroatoms. The number of anilines is 1. The Morgan fingerprint density at radius 1 is 1.43 bits per heavy atom. The first kappa shape index (κ1) is 15.3. The molecule has 0 saturated heterocycles. The minimum atomic E-state index is -0.280. The second-order valence-corrected chi connectivity index (χ2v) is 5.20. The number of hydrogen-bond acceptors (Lipinski definition) is 5. The lowest BCUT2D eigenvalue weighted by molar-refractivity contribution is 0.0940. The highest BCUT2D eigenvalue weighted by Gasteiger charge is 2.20. The van der Waals surface area contributed by atoms with Crippen LogP contribution in [-0.2, 0) is 0 Å². The number of carbonyl (C=O) groups is 1. The summed E-state index contributed by atoms with van der Waals surface area (Å²) in [5.74, 6) is 5.82. The molecule has 0 bridgehead atoms. The third kappa shape index (κ3) is 3.17. The van der Waals surface area contributed by atoms with Gasteiger partial charge in [-0.15, -0.1) is 0 Å². The van der Waals surface area contributed by atoms with E-state index >= 15 is 0 Å². The van der Waals surface area contributed by atoms with Gasteiger partial charge in [0.25, 0.3) is 5.91 Å². The molecule has 0 aliphatic rings. The van der Waals surface area contributed by atoms with Crippen LogP contribution in [0.15, 0.2) is 22.7 Å². The first-order chi connectivity index (χ1) is 9.93. The highest BCUT2D eigenvalue weighted by molar-refractivity contribution is 6.31. The number of nitrogens with zero attached hydrogens (tertiary/aromatic N) is 1. The molecule has 1 heterocycles. The summed E-state index contributed by atoms with van der Waals surface area (Å²) in [4.78, 5) is 12.4. The monoisotopic (exact) mass is 308 g/mol. The molecule has 0 saturated carbocycles. The van der Waals surface area contributed by atoms with Crippen molar-refractivity contribution >= 4 is 23.2 Å². The molecule has 1 aromatic heterocycles. The lowest BCUT2D eigenvalue weighted by Gasteiger charge is -2.15. The van der Waals surface area contributed by atoms with E-state index in [2.05, 4.69) is 15.9 Å². The Kier molecular flexibility index (Phi) is 4.50. The number of hydrazine groups is 1. The van der Waals surface area contributed by atoms with Gasteiger partial charge in [0.15, 0.2) is 0 Å². The highest BCUT2D eigenvalue weighted by Crippen LogP contribution is 2.24. The van der Waals surface area contributed by atoms with Gasteiger partial charge in [-0.2, -0.15) is 0 Å². The summed E-state index contributed by atoms with van der Waals surface area (Å²) in [6.07, 6.45) is 0. The van der Waals surface area contributed by atoms with Gasteiger partial charge < -0.3 is 15.3 Å². The predicted molar refractivity (Wildman–Crippen MR) is 81.1 cm³/mol. The molecule has 1 amide bonds. The van der Waals surface area contributed by atoms with Crippen LogP contribution in [0.1, 0.15) is 40.3 Å². The second kappa shape index (κ2) is 6.15. The summed E-state index contributed by atoms with van der Waals surface area (Å²) in [7, 11) is 0. The molecule has 0 aliphatic heterocycles. The number of aryl methyl sites for hydroxylation is 2. The lowest BCUT2D eigenvalue weighted by atomic mass is 10.1. The number of benzene rings is 1. The average molecular weight is 309 g/mol. The van der Waals surface area contributed by atoms with Gasteiger partial charge in [0.1, 0.15) is 5.76 Å². The topological polar surface area (TPSA) is 93.2 Å². The van der Waals surface area contributed by atoms with Gasteiger partial charge in [0, 0.05) is 10.6 Å². The van der Waals surface area contributed by atoms with E-state index in [0.717, 1.165) is 11.3 Å². The first-order valence-corrected chi connectivity index (χ1v) is 6.81. The Hall–Kier alpha value is -2.05. The molecule has 6 nitrogen and oxygen atoms in total. The lowest BCUT2D eigenvalue weighted by Crippen LogP contribution is -2.28. The van der Waals surface area contributed by atoms with Gasteiger partial charge in [-0.25, -0.2) is 0 Å². The molecule has 0 aliphatic carbocycles. The maximum Gasteiger partial charge on any atom is 0.253 e. The Morgan fingerprint density at radius 3 is 2.71 bits per heavy atom. The van der Waals surface area contributed by atoms with Crippen LogP contribution in [0, 0.1) is 13.8 Å². The number of amides is 1. The molecular formula is C14H17ClN4O2. The van der Waals surface area contributed by atoms with E-state index in [0.29, 0.717) is 22.0 Å². The second-order valence-electron chi connectivity index (χ2n) is 4.77. The van der Waals surface area contributed by atoms with Crippen molar-refractivity contribution in [2.75, 3.05) is 5.43 Å². The zero-order chi connectivity index (χ0) is 15.6. The molecule has 1 atom stereocenters. The van der Waals surface area contributed by atoms with E-state index in [4.69, 9.17) is 22.0 Å². The number of nitrogens with two attached hydrogens (primary N) is 1. The van der Waals surface area contributed by atoms with Gasteiger partial charge in [0.2, 0.25) is 0 Å². The molecule has 0 spiro atoms. The molecule has 1 unspecified atom stereocenters. The smallest absolute Gasteiger partial charge is 0.253 e. The Morgan fingerprint density at radius 2 is 2.14 bits per heavy atom. The molecule has 21 heavy (non-hydrogen) atoms. The van der Waals surface area contributed by atoms with Gasteiger partial charge in [-0.3, -0.25) is 10.6 Å². The van der Waals surface area contributed by atoms with Crippen molar-refractivity contribution in [3.8, 4) is 0 Å². The quantitative estimate of drug-likeness (QED) is 0.596. The normalized spacial score (nSPS) is 12.0. The van der Waals surface area contributed by atoms with Crippen molar-refractivity contribution in [1.29, 1.82) is 0 Å². The van der Waals surface area contributed by atoms with E-state index < -0.39 is 0 Å². The number of nitrogens with one attached hydrogen (secondary N) is 2. The fourth-order valence-corrected chi connectivity index (χ4v) is 2.46. The predicted octanol–water partition coefficient (Wildman–Crippen LogP) is 2.72. The Balaban J connectivity index is 2.24. The van der Waals surface area contributed by atoms with Gasteiger partial charge >= 0.3 is 0 Å². The highest BCUT2D eigenvalue weighted by atomic mass is 35.5. The molecule has 2 aromatic rings. The summed E-state index contributed by atoms with van der Waals surface area (Å²) in [5, 5.41) is 7.24. The minimum absolute atomic E-state index is 0.242. The van der Waals surface area contributed by atoms with E-state index in [9.17, 15) is 4.79 Å². The van der Waals surface area contributed by atoms with E-state index in [1.54, 1.807) is 18.2 Å². The molecule has 0 radical (unpaired) electrons. The van der Waals surface area contributed by atoms with Crippen molar-refractivity contribution in [3.05, 3.63) is 45.8 Å². The summed E-state index contributed by atoms with van der Waals surface area (Å²) in [6.45, 7) is 5.51. The van der Waals surface area contributed by atoms with Crippen LogP contribution in [0.2, 0.25) is 5.02 Å². The molecule has 4 N–H and O–H groups in total. The summed E-state index contributed by atoms with van der Waals surface area (Å²) in [6, 6.07) is 4.63. The van der Waals surface area contributed by atoms with Crippen LogP contribution in [-0.4, -0.2) is 11.1 Å². The van der Waals surface area contributed by atoms with Crippen molar-refractivity contribution < 1.29 is 9.32 Å². The number of hydrogen-bond donors (Lipinski definition) is 3. The van der Waals surface area contributed by atoms with E-state index in [1.807, 2.05) is 20.8 Å². The maximum absolute atomic E-state index is 12.4. The number of carbonyl (C=O) groups excluding carboxylic acids is 1. The SMILES string of the molecule is Cc1noc(C)c1C(C)NC(=O)c1cc(Cl)ccc1NN. The fraction of sp³-hybridized carbons (Fsp3) is 0.286. The van der Waals surface area contributed by atoms with Crippen LogP contribution in [0.3, 0.4) is 0 Å². The number of aromatic nitrogens is 1. The van der Waals surface area contributed by atoms with E-state index in [-0.39, 0.29) is 11.9 Å². The van der Waals surface area contributed by atoms with Crippen LogP contribution in [0.5, 0.6) is 0 Å².